The van der Waals surface area contributed by atoms with Crippen molar-refractivity contribution in [3.8, 4) is 10.8 Å². The number of nitrogens with zero attached hydrogens (tertiary/aromatic N) is 3. The van der Waals surface area contributed by atoms with Gasteiger partial charge in [0.15, 0.2) is 5.76 Å². The lowest BCUT2D eigenvalue weighted by molar-refractivity contribution is 0.0634. The van der Waals surface area contributed by atoms with E-state index in [1.165, 1.54) is 11.3 Å². The molecular weight excluding hydrogens is 366 g/mol. The summed E-state index contributed by atoms with van der Waals surface area (Å²) in [5, 5.41) is 10.9. The fourth-order valence-electron chi connectivity index (χ4n) is 2.68. The van der Waals surface area contributed by atoms with Crippen molar-refractivity contribution < 1.29 is 18.4 Å². The Balaban J connectivity index is 1.56. The number of ether oxygens (including phenoxy) is 1. The number of aromatic nitrogens is 2. The first-order valence-electron chi connectivity index (χ1n) is 8.37. The molecule has 3 heterocycles. The number of para-hydroxylation sites is 1. The SMILES string of the molecule is COCCN(Cc1nnc(-c2cccs2)o1)C(=O)c1cc2ccccc2o1. The van der Waals surface area contributed by atoms with Gasteiger partial charge in [0, 0.05) is 19.0 Å². The van der Waals surface area contributed by atoms with Gasteiger partial charge in [0.2, 0.25) is 5.89 Å². The van der Waals surface area contributed by atoms with Gasteiger partial charge in [-0.3, -0.25) is 4.79 Å². The number of benzene rings is 1. The summed E-state index contributed by atoms with van der Waals surface area (Å²) in [6, 6.07) is 13.1. The van der Waals surface area contributed by atoms with Gasteiger partial charge in [-0.1, -0.05) is 24.3 Å². The molecule has 0 saturated carbocycles. The topological polar surface area (TPSA) is 81.6 Å². The number of rotatable bonds is 7. The predicted octanol–water partition coefficient (Wildman–Crippen LogP) is 3.83. The Morgan fingerprint density at radius 3 is 2.85 bits per heavy atom. The molecule has 138 valence electrons. The standard InChI is InChI=1S/C19H17N3O4S/c1-24-9-8-22(12-17-20-21-18(26-17)16-7-4-10-27-16)19(23)15-11-13-5-2-3-6-14(13)25-15/h2-7,10-11H,8-9,12H2,1H3. The van der Waals surface area contributed by atoms with Crippen molar-refractivity contribution in [3.63, 3.8) is 0 Å². The maximum Gasteiger partial charge on any atom is 0.290 e. The summed E-state index contributed by atoms with van der Waals surface area (Å²) < 4.78 is 16.5. The van der Waals surface area contributed by atoms with Crippen LogP contribution in [0.25, 0.3) is 21.7 Å². The first-order valence-corrected chi connectivity index (χ1v) is 9.25. The molecule has 27 heavy (non-hydrogen) atoms. The summed E-state index contributed by atoms with van der Waals surface area (Å²) in [5.41, 5.74) is 0.672. The van der Waals surface area contributed by atoms with E-state index in [0.717, 1.165) is 10.3 Å². The average molecular weight is 383 g/mol. The summed E-state index contributed by atoms with van der Waals surface area (Å²) in [6.07, 6.45) is 0. The summed E-state index contributed by atoms with van der Waals surface area (Å²) in [7, 11) is 1.59. The average Bonchev–Trinajstić information content (AvgIpc) is 3.44. The van der Waals surface area contributed by atoms with Crippen LogP contribution in [-0.4, -0.2) is 41.3 Å². The van der Waals surface area contributed by atoms with E-state index in [-0.39, 0.29) is 18.2 Å². The molecule has 7 nitrogen and oxygen atoms in total. The highest BCUT2D eigenvalue weighted by Crippen LogP contribution is 2.24. The Hall–Kier alpha value is -2.97. The zero-order chi connectivity index (χ0) is 18.6. The van der Waals surface area contributed by atoms with Gasteiger partial charge in [-0.25, -0.2) is 0 Å². The molecule has 1 aromatic carbocycles. The molecule has 8 heteroatoms. The van der Waals surface area contributed by atoms with Crippen molar-refractivity contribution in [1.29, 1.82) is 0 Å². The molecule has 0 spiro atoms. The number of thiophene rings is 1. The van der Waals surface area contributed by atoms with Crippen molar-refractivity contribution in [2.24, 2.45) is 0 Å². The lowest BCUT2D eigenvalue weighted by Crippen LogP contribution is -2.33. The van der Waals surface area contributed by atoms with Crippen LogP contribution < -0.4 is 0 Å². The summed E-state index contributed by atoms with van der Waals surface area (Å²) in [4.78, 5) is 15.4. The van der Waals surface area contributed by atoms with Crippen molar-refractivity contribution in [1.82, 2.24) is 15.1 Å². The predicted molar refractivity (Wildman–Crippen MR) is 100 cm³/mol. The van der Waals surface area contributed by atoms with Crippen LogP contribution in [0.15, 0.2) is 56.7 Å². The zero-order valence-corrected chi connectivity index (χ0v) is 15.4. The minimum atomic E-state index is -0.251. The summed E-state index contributed by atoms with van der Waals surface area (Å²) >= 11 is 1.52. The normalized spacial score (nSPS) is 11.1. The molecule has 0 saturated heterocycles. The maximum atomic E-state index is 12.9. The Morgan fingerprint density at radius 2 is 2.07 bits per heavy atom. The van der Waals surface area contributed by atoms with E-state index in [2.05, 4.69) is 10.2 Å². The van der Waals surface area contributed by atoms with Gasteiger partial charge in [0.25, 0.3) is 11.8 Å². The third-order valence-corrected chi connectivity index (χ3v) is 4.87. The van der Waals surface area contributed by atoms with Crippen molar-refractivity contribution >= 4 is 28.2 Å². The number of hydrogen-bond donors (Lipinski definition) is 0. The van der Waals surface area contributed by atoms with Crippen LogP contribution in [0.1, 0.15) is 16.4 Å². The Morgan fingerprint density at radius 1 is 1.19 bits per heavy atom. The van der Waals surface area contributed by atoms with Crippen LogP contribution in [0, 0.1) is 0 Å². The molecule has 4 rings (SSSR count). The molecule has 0 aliphatic rings. The van der Waals surface area contributed by atoms with E-state index in [9.17, 15) is 4.79 Å². The maximum absolute atomic E-state index is 12.9. The van der Waals surface area contributed by atoms with Gasteiger partial charge in [0.1, 0.15) is 5.58 Å². The number of carbonyl (C=O) groups excluding carboxylic acids is 1. The van der Waals surface area contributed by atoms with Gasteiger partial charge >= 0.3 is 0 Å². The van der Waals surface area contributed by atoms with E-state index in [1.54, 1.807) is 18.1 Å². The first-order chi connectivity index (χ1) is 13.2. The Bertz CT molecular complexity index is 1010. The number of methoxy groups -OCH3 is 1. The van der Waals surface area contributed by atoms with Crippen LogP contribution in [0.4, 0.5) is 0 Å². The van der Waals surface area contributed by atoms with Crippen LogP contribution in [-0.2, 0) is 11.3 Å². The molecule has 0 bridgehead atoms. The third kappa shape index (κ3) is 3.76. The Kier molecular flexibility index (Phi) is 4.99. The molecular formula is C19H17N3O4S. The Labute approximate surface area is 159 Å². The van der Waals surface area contributed by atoms with Crippen LogP contribution in [0.2, 0.25) is 0 Å². The third-order valence-electron chi connectivity index (χ3n) is 4.01. The summed E-state index contributed by atoms with van der Waals surface area (Å²) in [5.74, 6) is 0.825. The molecule has 0 aliphatic heterocycles. The highest BCUT2D eigenvalue weighted by atomic mass is 32.1. The molecule has 0 unspecified atom stereocenters. The molecule has 4 aromatic rings. The fraction of sp³-hybridized carbons (Fsp3) is 0.211. The lowest BCUT2D eigenvalue weighted by atomic mass is 10.2. The molecule has 0 fully saturated rings. The van der Waals surface area contributed by atoms with Crippen molar-refractivity contribution in [2.75, 3.05) is 20.3 Å². The number of amides is 1. The van der Waals surface area contributed by atoms with Gasteiger partial charge < -0.3 is 18.5 Å². The minimum absolute atomic E-state index is 0.178. The second-order valence-corrected chi connectivity index (χ2v) is 6.79. The van der Waals surface area contributed by atoms with E-state index in [4.69, 9.17) is 13.6 Å². The second kappa shape index (κ2) is 7.73. The van der Waals surface area contributed by atoms with Crippen LogP contribution in [0.3, 0.4) is 0 Å². The monoisotopic (exact) mass is 383 g/mol. The fourth-order valence-corrected chi connectivity index (χ4v) is 3.32. The molecule has 0 atom stereocenters. The van der Waals surface area contributed by atoms with Gasteiger partial charge in [0.05, 0.1) is 18.0 Å². The number of hydrogen-bond acceptors (Lipinski definition) is 7. The number of fused-ring (bicyclic) bond motifs is 1. The van der Waals surface area contributed by atoms with E-state index in [0.29, 0.717) is 30.5 Å². The minimum Gasteiger partial charge on any atom is -0.451 e. The molecule has 0 radical (unpaired) electrons. The van der Waals surface area contributed by atoms with Crippen LogP contribution in [0.5, 0.6) is 0 Å². The van der Waals surface area contributed by atoms with Crippen molar-refractivity contribution in [3.05, 3.63) is 59.5 Å². The number of carbonyl (C=O) groups is 1. The molecule has 0 N–H and O–H groups in total. The second-order valence-electron chi connectivity index (χ2n) is 5.85. The molecule has 3 aromatic heterocycles. The highest BCUT2D eigenvalue weighted by molar-refractivity contribution is 7.13. The quantitative estimate of drug-likeness (QED) is 0.482. The smallest absolute Gasteiger partial charge is 0.290 e. The van der Waals surface area contributed by atoms with Crippen molar-refractivity contribution in [2.45, 2.75) is 6.54 Å². The summed E-state index contributed by atoms with van der Waals surface area (Å²) in [6.45, 7) is 0.943. The van der Waals surface area contributed by atoms with Crippen LogP contribution >= 0.6 is 11.3 Å². The molecule has 0 aliphatic carbocycles. The lowest BCUT2D eigenvalue weighted by Gasteiger charge is -2.19. The molecule has 1 amide bonds. The largest absolute Gasteiger partial charge is 0.451 e. The van der Waals surface area contributed by atoms with E-state index < -0.39 is 0 Å². The van der Waals surface area contributed by atoms with Gasteiger partial charge in [-0.05, 0) is 23.6 Å². The highest BCUT2D eigenvalue weighted by Gasteiger charge is 2.22. The first kappa shape index (κ1) is 17.4. The van der Waals surface area contributed by atoms with E-state index in [1.807, 2.05) is 41.8 Å². The zero-order valence-electron chi connectivity index (χ0n) is 14.6. The number of furan rings is 1. The van der Waals surface area contributed by atoms with Gasteiger partial charge in [-0.2, -0.15) is 0 Å². The van der Waals surface area contributed by atoms with Gasteiger partial charge in [-0.15, -0.1) is 21.5 Å². The van der Waals surface area contributed by atoms with E-state index >= 15 is 0 Å².